The number of rotatable bonds is 6. The molecule has 1 aliphatic carbocycles. The fraction of sp³-hybridized carbons (Fsp3) is 0.529. The highest BCUT2D eigenvalue weighted by atomic mass is 19.4. The molecular formula is C17H21F3N2O2. The van der Waals surface area contributed by atoms with E-state index >= 15 is 0 Å². The van der Waals surface area contributed by atoms with Crippen LogP contribution in [0.4, 0.5) is 13.2 Å². The van der Waals surface area contributed by atoms with E-state index in [1.54, 1.807) is 6.07 Å². The van der Waals surface area contributed by atoms with Crippen molar-refractivity contribution in [2.24, 2.45) is 11.8 Å². The van der Waals surface area contributed by atoms with Crippen molar-refractivity contribution in [1.82, 2.24) is 10.6 Å². The van der Waals surface area contributed by atoms with Crippen LogP contribution >= 0.6 is 0 Å². The molecule has 0 aliphatic heterocycles. The van der Waals surface area contributed by atoms with Crippen LogP contribution in [0.3, 0.4) is 0 Å². The lowest BCUT2D eigenvalue weighted by Crippen LogP contribution is -2.40. The molecule has 2 N–H and O–H groups in total. The van der Waals surface area contributed by atoms with Gasteiger partial charge in [0.2, 0.25) is 11.8 Å². The Morgan fingerprint density at radius 3 is 2.46 bits per heavy atom. The van der Waals surface area contributed by atoms with Gasteiger partial charge in [-0.25, -0.2) is 0 Å². The summed E-state index contributed by atoms with van der Waals surface area (Å²) in [6.45, 7) is 3.46. The van der Waals surface area contributed by atoms with Crippen molar-refractivity contribution < 1.29 is 22.8 Å². The highest BCUT2D eigenvalue weighted by Crippen LogP contribution is 2.32. The van der Waals surface area contributed by atoms with Crippen LogP contribution < -0.4 is 10.6 Å². The minimum atomic E-state index is -4.43. The second-order valence-electron chi connectivity index (χ2n) is 6.40. The summed E-state index contributed by atoms with van der Waals surface area (Å²) in [7, 11) is 0. The fourth-order valence-electron chi connectivity index (χ4n) is 2.43. The Hall–Kier alpha value is -2.05. The molecule has 0 saturated heterocycles. The first kappa shape index (κ1) is 18.3. The molecule has 0 unspecified atom stereocenters. The molecule has 2 amide bonds. The van der Waals surface area contributed by atoms with Gasteiger partial charge in [-0.2, -0.15) is 13.2 Å². The molecule has 0 radical (unpaired) electrons. The molecule has 1 aromatic carbocycles. The first-order valence-corrected chi connectivity index (χ1v) is 7.92. The van der Waals surface area contributed by atoms with Gasteiger partial charge in [0.1, 0.15) is 0 Å². The van der Waals surface area contributed by atoms with E-state index in [1.165, 1.54) is 6.07 Å². The van der Waals surface area contributed by atoms with E-state index in [4.69, 9.17) is 0 Å². The number of carbonyl (C=O) groups is 2. The first-order valence-electron chi connectivity index (χ1n) is 7.92. The standard InChI is InChI=1S/C17H21F3N2O2/c1-10(2)15(12-4-3-5-13(8-12)17(18,19)20)22-14(23)9-21-16(24)11-6-7-11/h3-5,8,10-11,15H,6-7,9H2,1-2H3,(H,21,24)(H,22,23)/t15-/m0/s1. The lowest BCUT2D eigenvalue weighted by Gasteiger charge is -2.24. The number of hydrogen-bond acceptors (Lipinski definition) is 2. The van der Waals surface area contributed by atoms with E-state index in [0.29, 0.717) is 5.56 Å². The quantitative estimate of drug-likeness (QED) is 0.835. The molecule has 1 fully saturated rings. The largest absolute Gasteiger partial charge is 0.416 e. The number of benzene rings is 1. The van der Waals surface area contributed by atoms with Crippen LogP contribution in [-0.2, 0) is 15.8 Å². The van der Waals surface area contributed by atoms with E-state index < -0.39 is 23.7 Å². The zero-order valence-corrected chi connectivity index (χ0v) is 13.6. The van der Waals surface area contributed by atoms with Gasteiger partial charge < -0.3 is 10.6 Å². The fourth-order valence-corrected chi connectivity index (χ4v) is 2.43. The Kier molecular flexibility index (Phi) is 5.51. The van der Waals surface area contributed by atoms with Gasteiger partial charge in [-0.05, 0) is 36.5 Å². The van der Waals surface area contributed by atoms with Crippen LogP contribution in [0.2, 0.25) is 0 Å². The van der Waals surface area contributed by atoms with Crippen LogP contribution in [0.25, 0.3) is 0 Å². The Morgan fingerprint density at radius 1 is 1.25 bits per heavy atom. The summed E-state index contributed by atoms with van der Waals surface area (Å²) >= 11 is 0. The van der Waals surface area contributed by atoms with Crippen molar-refractivity contribution in [3.05, 3.63) is 35.4 Å². The molecule has 7 heteroatoms. The van der Waals surface area contributed by atoms with Gasteiger partial charge in [0.05, 0.1) is 18.2 Å². The van der Waals surface area contributed by atoms with E-state index in [-0.39, 0.29) is 24.3 Å². The van der Waals surface area contributed by atoms with Gasteiger partial charge in [-0.15, -0.1) is 0 Å². The normalized spacial score (nSPS) is 15.9. The molecule has 24 heavy (non-hydrogen) atoms. The predicted octanol–water partition coefficient (Wildman–Crippen LogP) is 3.04. The molecule has 0 spiro atoms. The Labute approximate surface area is 138 Å². The molecule has 1 saturated carbocycles. The second kappa shape index (κ2) is 7.23. The Morgan fingerprint density at radius 2 is 1.92 bits per heavy atom. The summed E-state index contributed by atoms with van der Waals surface area (Å²) in [6.07, 6.45) is -2.75. The van der Waals surface area contributed by atoms with Crippen LogP contribution in [0.1, 0.15) is 43.9 Å². The van der Waals surface area contributed by atoms with Gasteiger partial charge >= 0.3 is 6.18 Å². The first-order chi connectivity index (χ1) is 11.2. The minimum Gasteiger partial charge on any atom is -0.348 e. The van der Waals surface area contributed by atoms with Crippen molar-refractivity contribution in [2.45, 2.75) is 38.9 Å². The summed E-state index contributed by atoms with van der Waals surface area (Å²) in [5, 5.41) is 5.25. The lowest BCUT2D eigenvalue weighted by molar-refractivity contribution is -0.137. The average Bonchev–Trinajstić information content (AvgIpc) is 3.34. The zero-order valence-electron chi connectivity index (χ0n) is 13.6. The topological polar surface area (TPSA) is 58.2 Å². The molecule has 2 rings (SSSR count). The van der Waals surface area contributed by atoms with Crippen molar-refractivity contribution in [2.75, 3.05) is 6.54 Å². The van der Waals surface area contributed by atoms with Gasteiger partial charge in [0, 0.05) is 5.92 Å². The van der Waals surface area contributed by atoms with Gasteiger partial charge in [-0.3, -0.25) is 9.59 Å². The number of amides is 2. The summed E-state index contributed by atoms with van der Waals surface area (Å²) in [6, 6.07) is 4.38. The molecule has 1 aromatic rings. The number of hydrogen-bond donors (Lipinski definition) is 2. The summed E-state index contributed by atoms with van der Waals surface area (Å²) < 4.78 is 38.6. The second-order valence-corrected chi connectivity index (χ2v) is 6.40. The minimum absolute atomic E-state index is 0.00200. The molecular weight excluding hydrogens is 321 g/mol. The molecule has 4 nitrogen and oxygen atoms in total. The van der Waals surface area contributed by atoms with E-state index in [9.17, 15) is 22.8 Å². The molecule has 132 valence electrons. The van der Waals surface area contributed by atoms with Crippen molar-refractivity contribution in [3.8, 4) is 0 Å². The highest BCUT2D eigenvalue weighted by molar-refractivity contribution is 5.87. The molecule has 1 aliphatic rings. The lowest BCUT2D eigenvalue weighted by atomic mass is 9.94. The molecule has 1 atom stereocenters. The number of halogens is 3. The highest BCUT2D eigenvalue weighted by Gasteiger charge is 2.32. The third-order valence-corrected chi connectivity index (χ3v) is 3.93. The molecule has 0 aromatic heterocycles. The average molecular weight is 342 g/mol. The Bertz CT molecular complexity index is 610. The zero-order chi connectivity index (χ0) is 17.9. The van der Waals surface area contributed by atoms with Crippen molar-refractivity contribution in [3.63, 3.8) is 0 Å². The van der Waals surface area contributed by atoms with Crippen molar-refractivity contribution in [1.29, 1.82) is 0 Å². The summed E-state index contributed by atoms with van der Waals surface area (Å²) in [4.78, 5) is 23.6. The third-order valence-electron chi connectivity index (χ3n) is 3.93. The van der Waals surface area contributed by atoms with E-state index in [2.05, 4.69) is 10.6 Å². The monoisotopic (exact) mass is 342 g/mol. The van der Waals surface area contributed by atoms with Gasteiger partial charge in [0.15, 0.2) is 0 Å². The van der Waals surface area contributed by atoms with Gasteiger partial charge in [-0.1, -0.05) is 26.0 Å². The van der Waals surface area contributed by atoms with Crippen LogP contribution in [0.15, 0.2) is 24.3 Å². The number of nitrogens with one attached hydrogen (secondary N) is 2. The SMILES string of the molecule is CC(C)[C@H](NC(=O)CNC(=O)C1CC1)c1cccc(C(F)(F)F)c1. The summed E-state index contributed by atoms with van der Waals surface area (Å²) in [5.41, 5.74) is -0.358. The third kappa shape index (κ3) is 4.97. The predicted molar refractivity (Wildman–Crippen MR) is 82.9 cm³/mol. The maximum Gasteiger partial charge on any atom is 0.416 e. The van der Waals surface area contributed by atoms with Crippen LogP contribution in [-0.4, -0.2) is 18.4 Å². The number of alkyl halides is 3. The summed E-state index contributed by atoms with van der Waals surface area (Å²) in [5.74, 6) is -0.663. The van der Waals surface area contributed by atoms with Gasteiger partial charge in [0.25, 0.3) is 0 Å². The van der Waals surface area contributed by atoms with Crippen LogP contribution in [0.5, 0.6) is 0 Å². The Balaban J connectivity index is 2.03. The van der Waals surface area contributed by atoms with E-state index in [0.717, 1.165) is 25.0 Å². The molecule has 0 heterocycles. The smallest absolute Gasteiger partial charge is 0.348 e. The van der Waals surface area contributed by atoms with E-state index in [1.807, 2.05) is 13.8 Å². The maximum absolute atomic E-state index is 12.9. The van der Waals surface area contributed by atoms with Crippen LogP contribution in [0, 0.1) is 11.8 Å². The van der Waals surface area contributed by atoms with Crippen molar-refractivity contribution >= 4 is 11.8 Å². The number of carbonyl (C=O) groups excluding carboxylic acids is 2. The maximum atomic E-state index is 12.9. The molecule has 0 bridgehead atoms.